The molecule has 4 rings (SSSR count). The molecule has 0 unspecified atom stereocenters. The predicted molar refractivity (Wildman–Crippen MR) is 98.3 cm³/mol. The van der Waals surface area contributed by atoms with Crippen LogP contribution in [0.4, 0.5) is 19.0 Å². The van der Waals surface area contributed by atoms with E-state index in [0.717, 1.165) is 12.1 Å². The molecule has 0 saturated heterocycles. The highest BCUT2D eigenvalue weighted by Gasteiger charge is 2.34. The Hall–Kier alpha value is -2.88. The number of halogens is 3. The second-order valence-corrected chi connectivity index (χ2v) is 7.26. The Labute approximate surface area is 162 Å². The highest BCUT2D eigenvalue weighted by atomic mass is 32.2. The molecule has 1 aliphatic rings. The van der Waals surface area contributed by atoms with Gasteiger partial charge in [-0.3, -0.25) is 4.79 Å². The summed E-state index contributed by atoms with van der Waals surface area (Å²) in [5, 5.41) is 6.73. The molecule has 6 nitrogen and oxygen atoms in total. The van der Waals surface area contributed by atoms with E-state index < -0.39 is 17.0 Å². The van der Waals surface area contributed by atoms with Crippen LogP contribution in [0, 0.1) is 6.92 Å². The number of carbonyl (C=O) groups excluding carboxylic acids is 1. The van der Waals surface area contributed by atoms with Crippen LogP contribution in [-0.4, -0.2) is 31.4 Å². The quantitative estimate of drug-likeness (QED) is 0.703. The number of benzene rings is 1. The van der Waals surface area contributed by atoms with Gasteiger partial charge in [0.25, 0.3) is 5.95 Å². The van der Waals surface area contributed by atoms with E-state index in [1.54, 1.807) is 31.5 Å². The van der Waals surface area contributed by atoms with Crippen LogP contribution in [0.5, 0.6) is 0 Å². The number of carbonyl (C=O) groups is 1. The fraction of sp³-hybridized carbons (Fsp3) is 0.222. The molecule has 10 heteroatoms. The van der Waals surface area contributed by atoms with Crippen molar-refractivity contribution in [3.63, 3.8) is 0 Å². The van der Waals surface area contributed by atoms with Gasteiger partial charge in [0.1, 0.15) is 5.82 Å². The molecule has 0 aliphatic carbocycles. The standard InChI is InChI=1S/C18H14F3N5OS/c1-10-14-15(11-4-2-5-12(8-11)18(19,20)21)28-9-13(27)24-16(14)26(25-10)17-22-6-3-7-23-17/h2-8,15H,9H2,1H3,(H,24,27)/t15-/m1/s1. The molecule has 144 valence electrons. The van der Waals surface area contributed by atoms with Crippen molar-refractivity contribution < 1.29 is 18.0 Å². The Kier molecular flexibility index (Phi) is 4.58. The van der Waals surface area contributed by atoms with Crippen molar-refractivity contribution >= 4 is 23.5 Å². The number of nitrogens with zero attached hydrogens (tertiary/aromatic N) is 4. The van der Waals surface area contributed by atoms with Gasteiger partial charge in [0.05, 0.1) is 22.3 Å². The summed E-state index contributed by atoms with van der Waals surface area (Å²) in [5.74, 6) is 0.478. The molecule has 3 heterocycles. The molecule has 0 radical (unpaired) electrons. The van der Waals surface area contributed by atoms with E-state index in [2.05, 4.69) is 20.4 Å². The maximum atomic E-state index is 13.2. The molecule has 0 spiro atoms. The lowest BCUT2D eigenvalue weighted by Crippen LogP contribution is -2.16. The van der Waals surface area contributed by atoms with E-state index in [-0.39, 0.29) is 17.6 Å². The minimum Gasteiger partial charge on any atom is -0.309 e. The fourth-order valence-corrected chi connectivity index (χ4v) is 4.25. The average Bonchev–Trinajstić information content (AvgIpc) is 2.88. The largest absolute Gasteiger partial charge is 0.416 e. The van der Waals surface area contributed by atoms with Crippen molar-refractivity contribution in [3.05, 3.63) is 65.1 Å². The summed E-state index contributed by atoms with van der Waals surface area (Å²) < 4.78 is 40.9. The van der Waals surface area contributed by atoms with Crippen LogP contribution in [0.1, 0.15) is 27.6 Å². The van der Waals surface area contributed by atoms with E-state index in [1.807, 2.05) is 0 Å². The predicted octanol–water partition coefficient (Wildman–Crippen LogP) is 3.76. The highest BCUT2D eigenvalue weighted by Crippen LogP contribution is 2.44. The van der Waals surface area contributed by atoms with Gasteiger partial charge in [-0.15, -0.1) is 11.8 Å². The first kappa shape index (κ1) is 18.5. The SMILES string of the molecule is Cc1nn(-c2ncccn2)c2c1[C@@H](c1cccc(C(F)(F)F)c1)SCC(=O)N2. The Balaban J connectivity index is 1.87. The lowest BCUT2D eigenvalue weighted by atomic mass is 10.0. The Morgan fingerprint density at radius 2 is 1.96 bits per heavy atom. The van der Waals surface area contributed by atoms with Crippen molar-refractivity contribution in [2.75, 3.05) is 11.1 Å². The Morgan fingerprint density at radius 3 is 2.68 bits per heavy atom. The summed E-state index contributed by atoms with van der Waals surface area (Å²) in [7, 11) is 0. The third-order valence-electron chi connectivity index (χ3n) is 4.27. The van der Waals surface area contributed by atoms with Crippen LogP contribution in [0.25, 0.3) is 5.95 Å². The number of nitrogens with one attached hydrogen (secondary N) is 1. The molecule has 0 saturated carbocycles. The first-order valence-corrected chi connectivity index (χ1v) is 9.35. The van der Waals surface area contributed by atoms with Gasteiger partial charge in [-0.2, -0.15) is 23.0 Å². The molecule has 1 amide bonds. The molecule has 28 heavy (non-hydrogen) atoms. The number of rotatable bonds is 2. The van der Waals surface area contributed by atoms with Crippen LogP contribution < -0.4 is 5.32 Å². The maximum Gasteiger partial charge on any atom is 0.416 e. The van der Waals surface area contributed by atoms with Crippen molar-refractivity contribution in [1.82, 2.24) is 19.7 Å². The van der Waals surface area contributed by atoms with Gasteiger partial charge in [-0.05, 0) is 24.6 Å². The average molecular weight is 405 g/mol. The monoisotopic (exact) mass is 405 g/mol. The normalized spacial score (nSPS) is 17.0. The minimum absolute atomic E-state index is 0.102. The number of hydrogen-bond donors (Lipinski definition) is 1. The molecule has 1 aromatic carbocycles. The first-order valence-electron chi connectivity index (χ1n) is 8.30. The third kappa shape index (κ3) is 3.35. The van der Waals surface area contributed by atoms with Crippen LogP contribution >= 0.6 is 11.8 Å². The van der Waals surface area contributed by atoms with Crippen molar-refractivity contribution in [2.45, 2.75) is 18.3 Å². The summed E-state index contributed by atoms with van der Waals surface area (Å²) in [6.45, 7) is 1.75. The molecule has 1 N–H and O–H groups in total. The van der Waals surface area contributed by atoms with Gasteiger partial charge in [-0.25, -0.2) is 9.97 Å². The molecule has 0 fully saturated rings. The maximum absolute atomic E-state index is 13.2. The third-order valence-corrected chi connectivity index (χ3v) is 5.54. The smallest absolute Gasteiger partial charge is 0.309 e. The van der Waals surface area contributed by atoms with E-state index in [1.165, 1.54) is 22.5 Å². The Morgan fingerprint density at radius 1 is 1.21 bits per heavy atom. The number of thioether (sulfide) groups is 1. The summed E-state index contributed by atoms with van der Waals surface area (Å²) in [6, 6.07) is 6.80. The summed E-state index contributed by atoms with van der Waals surface area (Å²) in [5.41, 5.74) is 0.948. The van der Waals surface area contributed by atoms with Gasteiger partial charge in [0.2, 0.25) is 5.91 Å². The lowest BCUT2D eigenvalue weighted by Gasteiger charge is -2.17. The van der Waals surface area contributed by atoms with Crippen molar-refractivity contribution in [1.29, 1.82) is 0 Å². The first-order chi connectivity index (χ1) is 13.3. The zero-order valence-electron chi connectivity index (χ0n) is 14.6. The molecular formula is C18H14F3N5OS. The van der Waals surface area contributed by atoms with Gasteiger partial charge in [-0.1, -0.05) is 18.2 Å². The molecule has 1 atom stereocenters. The van der Waals surface area contributed by atoms with Crippen LogP contribution in [0.2, 0.25) is 0 Å². The lowest BCUT2D eigenvalue weighted by molar-refractivity contribution is -0.137. The van der Waals surface area contributed by atoms with E-state index in [9.17, 15) is 18.0 Å². The number of anilines is 1. The summed E-state index contributed by atoms with van der Waals surface area (Å²) in [4.78, 5) is 20.6. The molecule has 2 aromatic heterocycles. The zero-order chi connectivity index (χ0) is 19.9. The number of alkyl halides is 3. The van der Waals surface area contributed by atoms with Crippen LogP contribution in [0.15, 0.2) is 42.7 Å². The zero-order valence-corrected chi connectivity index (χ0v) is 15.4. The molecule has 3 aromatic rings. The van der Waals surface area contributed by atoms with E-state index in [0.29, 0.717) is 22.6 Å². The van der Waals surface area contributed by atoms with Gasteiger partial charge in [0.15, 0.2) is 0 Å². The number of aromatic nitrogens is 4. The van der Waals surface area contributed by atoms with E-state index in [4.69, 9.17) is 0 Å². The topological polar surface area (TPSA) is 72.7 Å². The van der Waals surface area contributed by atoms with Gasteiger partial charge >= 0.3 is 6.18 Å². The van der Waals surface area contributed by atoms with Crippen LogP contribution in [0.3, 0.4) is 0 Å². The number of aryl methyl sites for hydroxylation is 1. The minimum atomic E-state index is -4.45. The van der Waals surface area contributed by atoms with Crippen LogP contribution in [-0.2, 0) is 11.0 Å². The molecular weight excluding hydrogens is 391 g/mol. The molecule has 0 bridgehead atoms. The number of fused-ring (bicyclic) bond motifs is 1. The van der Waals surface area contributed by atoms with Crippen molar-refractivity contribution in [2.24, 2.45) is 0 Å². The van der Waals surface area contributed by atoms with Crippen molar-refractivity contribution in [3.8, 4) is 5.95 Å². The molecule has 1 aliphatic heterocycles. The van der Waals surface area contributed by atoms with Gasteiger partial charge in [0, 0.05) is 18.0 Å². The van der Waals surface area contributed by atoms with E-state index >= 15 is 0 Å². The Bertz CT molecular complexity index is 1040. The second-order valence-electron chi connectivity index (χ2n) is 6.17. The number of amides is 1. The number of hydrogen-bond acceptors (Lipinski definition) is 5. The fourth-order valence-electron chi connectivity index (χ4n) is 3.07. The second kappa shape index (κ2) is 6.93. The van der Waals surface area contributed by atoms with Gasteiger partial charge < -0.3 is 5.32 Å². The highest BCUT2D eigenvalue weighted by molar-refractivity contribution is 8.00. The summed E-state index contributed by atoms with van der Waals surface area (Å²) >= 11 is 1.26. The summed E-state index contributed by atoms with van der Waals surface area (Å²) in [6.07, 6.45) is -1.36.